The lowest BCUT2D eigenvalue weighted by atomic mass is 10.1. The largest absolute Gasteiger partial charge is 0.366 e. The van der Waals surface area contributed by atoms with E-state index in [0.29, 0.717) is 17.7 Å². The Balaban J connectivity index is 1.70. The van der Waals surface area contributed by atoms with E-state index in [-0.39, 0.29) is 24.2 Å². The van der Waals surface area contributed by atoms with Crippen molar-refractivity contribution in [2.75, 3.05) is 0 Å². The molecule has 1 fully saturated rings. The first-order valence-electron chi connectivity index (χ1n) is 7.95. The van der Waals surface area contributed by atoms with Gasteiger partial charge in [-0.25, -0.2) is 4.39 Å². The van der Waals surface area contributed by atoms with Crippen LogP contribution in [-0.4, -0.2) is 22.8 Å². The quantitative estimate of drug-likeness (QED) is 0.887. The minimum absolute atomic E-state index is 0.0120. The third-order valence-corrected chi connectivity index (χ3v) is 4.14. The molecular weight excluding hydrogens is 307 g/mol. The summed E-state index contributed by atoms with van der Waals surface area (Å²) in [5.74, 6) is -0.815. The molecule has 24 heavy (non-hydrogen) atoms. The van der Waals surface area contributed by atoms with Crippen molar-refractivity contribution < 1.29 is 14.0 Å². The van der Waals surface area contributed by atoms with Gasteiger partial charge in [0.1, 0.15) is 5.82 Å². The van der Waals surface area contributed by atoms with Gasteiger partial charge in [0.25, 0.3) is 0 Å². The highest BCUT2D eigenvalue weighted by Crippen LogP contribution is 2.29. The number of rotatable bonds is 6. The lowest BCUT2D eigenvalue weighted by molar-refractivity contribution is -0.131. The summed E-state index contributed by atoms with van der Waals surface area (Å²) in [6, 6.07) is 13.3. The number of halogens is 1. The van der Waals surface area contributed by atoms with E-state index in [9.17, 15) is 14.0 Å². The van der Waals surface area contributed by atoms with Crippen LogP contribution in [0.5, 0.6) is 0 Å². The molecule has 0 saturated heterocycles. The van der Waals surface area contributed by atoms with E-state index in [1.165, 1.54) is 12.1 Å². The minimum Gasteiger partial charge on any atom is -0.366 e. The summed E-state index contributed by atoms with van der Waals surface area (Å²) in [6.45, 7) is 0.484. The van der Waals surface area contributed by atoms with E-state index in [0.717, 1.165) is 18.4 Å². The van der Waals surface area contributed by atoms with Crippen LogP contribution in [0.15, 0.2) is 48.5 Å². The summed E-state index contributed by atoms with van der Waals surface area (Å²) in [5, 5.41) is 0. The first-order chi connectivity index (χ1) is 11.5. The van der Waals surface area contributed by atoms with E-state index in [4.69, 9.17) is 5.73 Å². The molecular formula is C19H19FN2O2. The highest BCUT2D eigenvalue weighted by molar-refractivity contribution is 5.92. The highest BCUT2D eigenvalue weighted by atomic mass is 19.1. The molecule has 3 rings (SSSR count). The fourth-order valence-electron chi connectivity index (χ4n) is 2.70. The number of primary amides is 1. The van der Waals surface area contributed by atoms with Crippen LogP contribution in [0.2, 0.25) is 0 Å². The predicted molar refractivity (Wildman–Crippen MR) is 88.6 cm³/mol. The van der Waals surface area contributed by atoms with Crippen molar-refractivity contribution in [1.82, 2.24) is 4.90 Å². The zero-order valence-electron chi connectivity index (χ0n) is 13.2. The fraction of sp³-hybridized carbons (Fsp3) is 0.263. The van der Waals surface area contributed by atoms with Gasteiger partial charge in [-0.1, -0.05) is 24.3 Å². The van der Waals surface area contributed by atoms with Gasteiger partial charge in [-0.3, -0.25) is 9.59 Å². The molecule has 1 aliphatic rings. The topological polar surface area (TPSA) is 63.4 Å². The second-order valence-corrected chi connectivity index (χ2v) is 6.12. The molecule has 0 atom stereocenters. The molecule has 0 heterocycles. The van der Waals surface area contributed by atoms with Crippen LogP contribution in [-0.2, 0) is 17.8 Å². The normalized spacial score (nSPS) is 13.5. The maximum Gasteiger partial charge on any atom is 0.248 e. The molecule has 2 amide bonds. The van der Waals surface area contributed by atoms with Crippen molar-refractivity contribution in [2.45, 2.75) is 31.8 Å². The van der Waals surface area contributed by atoms with Crippen LogP contribution in [0.4, 0.5) is 4.39 Å². The van der Waals surface area contributed by atoms with E-state index >= 15 is 0 Å². The van der Waals surface area contributed by atoms with Crippen LogP contribution < -0.4 is 5.73 Å². The Morgan fingerprint density at radius 1 is 1.08 bits per heavy atom. The lowest BCUT2D eigenvalue weighted by Gasteiger charge is -2.23. The Kier molecular flexibility index (Phi) is 4.60. The Hall–Kier alpha value is -2.69. The molecule has 0 aromatic heterocycles. The summed E-state index contributed by atoms with van der Waals surface area (Å²) < 4.78 is 13.3. The van der Waals surface area contributed by atoms with Crippen LogP contribution in [0.25, 0.3) is 0 Å². The number of carbonyl (C=O) groups excluding carboxylic acids is 2. The van der Waals surface area contributed by atoms with Crippen molar-refractivity contribution in [2.24, 2.45) is 5.73 Å². The van der Waals surface area contributed by atoms with Crippen molar-refractivity contribution >= 4 is 11.8 Å². The maximum atomic E-state index is 13.3. The van der Waals surface area contributed by atoms with Gasteiger partial charge in [-0.2, -0.15) is 0 Å². The molecule has 4 nitrogen and oxygen atoms in total. The average molecular weight is 326 g/mol. The molecule has 2 N–H and O–H groups in total. The fourth-order valence-corrected chi connectivity index (χ4v) is 2.70. The van der Waals surface area contributed by atoms with E-state index in [1.807, 2.05) is 17.0 Å². The van der Waals surface area contributed by atoms with Crippen molar-refractivity contribution in [3.8, 4) is 0 Å². The third-order valence-electron chi connectivity index (χ3n) is 4.14. The first kappa shape index (κ1) is 16.2. The number of hydrogen-bond acceptors (Lipinski definition) is 2. The van der Waals surface area contributed by atoms with Gasteiger partial charge in [0.2, 0.25) is 11.8 Å². The van der Waals surface area contributed by atoms with Crippen LogP contribution >= 0.6 is 0 Å². The molecule has 2 aromatic carbocycles. The van der Waals surface area contributed by atoms with Crippen molar-refractivity contribution in [1.29, 1.82) is 0 Å². The van der Waals surface area contributed by atoms with Crippen molar-refractivity contribution in [3.05, 3.63) is 71.0 Å². The van der Waals surface area contributed by atoms with Gasteiger partial charge in [-0.15, -0.1) is 0 Å². The second-order valence-electron chi connectivity index (χ2n) is 6.12. The molecule has 0 bridgehead atoms. The number of amides is 2. The standard InChI is InChI=1S/C19H19FN2O2/c20-16-3-1-2-14(10-16)11-18(23)22(17-8-9-17)12-13-4-6-15(7-5-13)19(21)24/h1-7,10,17H,8-9,11-12H2,(H2,21,24). The van der Waals surface area contributed by atoms with Gasteiger partial charge in [0.15, 0.2) is 0 Å². The van der Waals surface area contributed by atoms with E-state index in [2.05, 4.69) is 0 Å². The number of carbonyl (C=O) groups is 2. The van der Waals surface area contributed by atoms with Gasteiger partial charge in [0.05, 0.1) is 6.42 Å². The van der Waals surface area contributed by atoms with Crippen molar-refractivity contribution in [3.63, 3.8) is 0 Å². The van der Waals surface area contributed by atoms with Crippen LogP contribution in [0.3, 0.4) is 0 Å². The lowest BCUT2D eigenvalue weighted by Crippen LogP contribution is -2.33. The Bertz CT molecular complexity index is 754. The Morgan fingerprint density at radius 3 is 2.38 bits per heavy atom. The third kappa shape index (κ3) is 3.98. The summed E-state index contributed by atoms with van der Waals surface area (Å²) in [5.41, 5.74) is 7.30. The van der Waals surface area contributed by atoms with Gasteiger partial charge >= 0.3 is 0 Å². The van der Waals surface area contributed by atoms with Gasteiger partial charge in [-0.05, 0) is 48.2 Å². The average Bonchev–Trinajstić information content (AvgIpc) is 3.37. The molecule has 5 heteroatoms. The summed E-state index contributed by atoms with van der Waals surface area (Å²) in [4.78, 5) is 25.6. The minimum atomic E-state index is -0.470. The summed E-state index contributed by atoms with van der Waals surface area (Å²) in [7, 11) is 0. The summed E-state index contributed by atoms with van der Waals surface area (Å²) in [6.07, 6.45) is 2.18. The van der Waals surface area contributed by atoms with E-state index < -0.39 is 5.91 Å². The second kappa shape index (κ2) is 6.83. The number of hydrogen-bond donors (Lipinski definition) is 1. The zero-order valence-corrected chi connectivity index (χ0v) is 13.2. The number of benzene rings is 2. The Labute approximate surface area is 140 Å². The SMILES string of the molecule is NC(=O)c1ccc(CN(C(=O)Cc2cccc(F)c2)C2CC2)cc1. The maximum absolute atomic E-state index is 13.3. The smallest absolute Gasteiger partial charge is 0.248 e. The number of nitrogens with two attached hydrogens (primary N) is 1. The predicted octanol–water partition coefficient (Wildman–Crippen LogP) is 2.66. The molecule has 0 unspecified atom stereocenters. The zero-order chi connectivity index (χ0) is 17.1. The highest BCUT2D eigenvalue weighted by Gasteiger charge is 2.32. The molecule has 1 aliphatic carbocycles. The van der Waals surface area contributed by atoms with Gasteiger partial charge in [0, 0.05) is 18.2 Å². The molecule has 1 saturated carbocycles. The molecule has 0 aliphatic heterocycles. The number of nitrogens with zero attached hydrogens (tertiary/aromatic N) is 1. The molecule has 124 valence electrons. The summed E-state index contributed by atoms with van der Waals surface area (Å²) >= 11 is 0. The van der Waals surface area contributed by atoms with Gasteiger partial charge < -0.3 is 10.6 Å². The van der Waals surface area contributed by atoms with Crippen LogP contribution in [0.1, 0.15) is 34.3 Å². The first-order valence-corrected chi connectivity index (χ1v) is 7.95. The van der Waals surface area contributed by atoms with E-state index in [1.54, 1.807) is 24.3 Å². The molecule has 2 aromatic rings. The molecule has 0 radical (unpaired) electrons. The Morgan fingerprint density at radius 2 is 1.79 bits per heavy atom. The monoisotopic (exact) mass is 326 g/mol. The molecule has 0 spiro atoms. The van der Waals surface area contributed by atoms with Crippen LogP contribution in [0, 0.1) is 5.82 Å².